The summed E-state index contributed by atoms with van der Waals surface area (Å²) in [5.74, 6) is -5.15. The first kappa shape index (κ1) is 25.9. The molecule has 1 unspecified atom stereocenters. The molecule has 0 aliphatic rings. The number of halogens is 3. The van der Waals surface area contributed by atoms with Gasteiger partial charge < -0.3 is 14.6 Å². The Hall–Kier alpha value is -3.11. The summed E-state index contributed by atoms with van der Waals surface area (Å²) in [5, 5.41) is 9.42. The third-order valence-electron chi connectivity index (χ3n) is 4.38. The van der Waals surface area contributed by atoms with E-state index in [1.807, 2.05) is 0 Å². The largest absolute Gasteiger partial charge is 0.478 e. The number of benzene rings is 1. The van der Waals surface area contributed by atoms with Crippen LogP contribution in [0.2, 0.25) is 0 Å². The van der Waals surface area contributed by atoms with Crippen molar-refractivity contribution in [1.82, 2.24) is 0 Å². The van der Waals surface area contributed by atoms with E-state index in [-0.39, 0.29) is 22.3 Å². The topological polar surface area (TPSA) is 144 Å². The summed E-state index contributed by atoms with van der Waals surface area (Å²) in [6.07, 6.45) is -7.03. The normalized spacial score (nSPS) is 12.4. The minimum absolute atomic E-state index is 0.264. The Morgan fingerprint density at radius 2 is 1.48 bits per heavy atom. The Kier molecular flexibility index (Phi) is 7.83. The van der Waals surface area contributed by atoms with Gasteiger partial charge in [-0.3, -0.25) is 4.55 Å². The molecule has 13 heteroatoms. The van der Waals surface area contributed by atoms with Crippen LogP contribution in [0.3, 0.4) is 0 Å². The zero-order chi connectivity index (χ0) is 24.3. The molecule has 170 valence electrons. The highest BCUT2D eigenvalue weighted by Gasteiger charge is 2.45. The fraction of sp³-hybridized carbons (Fsp3) is 0.389. The second-order valence-electron chi connectivity index (χ2n) is 6.36. The van der Waals surface area contributed by atoms with Gasteiger partial charge in [-0.05, 0) is 49.9 Å². The first-order valence-corrected chi connectivity index (χ1v) is 9.86. The monoisotopic (exact) mass is 466 g/mol. The minimum atomic E-state index is -5.33. The summed E-state index contributed by atoms with van der Waals surface area (Å²) in [6, 6.07) is 0. The van der Waals surface area contributed by atoms with E-state index in [2.05, 4.69) is 9.47 Å². The van der Waals surface area contributed by atoms with Gasteiger partial charge in [0.25, 0.3) is 10.1 Å². The molecule has 1 atom stereocenters. The molecule has 1 aromatic rings. The number of carbonyl (C=O) groups is 3. The Balaban J connectivity index is 3.13. The van der Waals surface area contributed by atoms with Crippen molar-refractivity contribution < 1.29 is 55.1 Å². The summed E-state index contributed by atoms with van der Waals surface area (Å²) in [5.41, 5.74) is 1.06. The van der Waals surface area contributed by atoms with Gasteiger partial charge in [0.1, 0.15) is 11.9 Å². The molecule has 0 bridgehead atoms. The summed E-state index contributed by atoms with van der Waals surface area (Å²) in [6.45, 7) is 6.21. The highest BCUT2D eigenvalue weighted by Crippen LogP contribution is 2.27. The van der Waals surface area contributed by atoms with E-state index < -0.39 is 46.1 Å². The smallest absolute Gasteiger partial charge is 0.426 e. The quantitative estimate of drug-likeness (QED) is 0.379. The minimum Gasteiger partial charge on any atom is -0.478 e. The average molecular weight is 466 g/mol. The third-order valence-corrected chi connectivity index (χ3v) is 5.10. The first-order chi connectivity index (χ1) is 14.0. The van der Waals surface area contributed by atoms with Crippen molar-refractivity contribution in [2.45, 2.75) is 40.0 Å². The standard InChI is InChI=1S/C18H17F3O9S/c1-8-9(2)11(4)15(14(10(8)3)16(23)24)17(25)29-6-5-13(22)30-12(18(19,20)21)7-31(26,27)28/h12H,7H2,1-4H3,(H,23,24)(H,26,27,28). The van der Waals surface area contributed by atoms with Gasteiger partial charge in [-0.15, -0.1) is 0 Å². The zero-order valence-electron chi connectivity index (χ0n) is 16.6. The maximum Gasteiger partial charge on any atom is 0.426 e. The van der Waals surface area contributed by atoms with Crippen LogP contribution in [0.5, 0.6) is 0 Å². The molecular formula is C18H17F3O9S. The van der Waals surface area contributed by atoms with E-state index in [0.717, 1.165) is 0 Å². The van der Waals surface area contributed by atoms with Gasteiger partial charge in [0.2, 0.25) is 6.10 Å². The van der Waals surface area contributed by atoms with Crippen LogP contribution in [0.15, 0.2) is 0 Å². The van der Waals surface area contributed by atoms with E-state index in [9.17, 15) is 41.1 Å². The SMILES string of the molecule is Cc1c(C)c(C)c(C(=O)OC#CC(=O)OC(CS(=O)(=O)O)C(F)(F)F)c(C(=O)O)c1C. The lowest BCUT2D eigenvalue weighted by molar-refractivity contribution is -0.211. The number of carbonyl (C=O) groups excluding carboxylic acids is 2. The molecule has 1 rings (SSSR count). The van der Waals surface area contributed by atoms with E-state index in [1.54, 1.807) is 13.8 Å². The Labute approximate surface area is 174 Å². The predicted octanol–water partition coefficient (Wildman–Crippen LogP) is 2.10. The maximum absolute atomic E-state index is 12.7. The molecule has 0 radical (unpaired) electrons. The number of carboxylic acids is 1. The molecule has 0 aromatic heterocycles. The molecule has 1 aromatic carbocycles. The van der Waals surface area contributed by atoms with Gasteiger partial charge in [-0.1, -0.05) is 0 Å². The number of hydrogen-bond acceptors (Lipinski definition) is 7. The number of carboxylic acid groups (broad SMARTS) is 1. The number of esters is 2. The fourth-order valence-electron chi connectivity index (χ4n) is 2.54. The molecule has 0 saturated carbocycles. The average Bonchev–Trinajstić information content (AvgIpc) is 2.59. The van der Waals surface area contributed by atoms with Crippen molar-refractivity contribution >= 4 is 28.0 Å². The van der Waals surface area contributed by atoms with Crippen LogP contribution in [-0.4, -0.2) is 54.0 Å². The lowest BCUT2D eigenvalue weighted by Crippen LogP contribution is -2.39. The molecular weight excluding hydrogens is 449 g/mol. The molecule has 0 aliphatic carbocycles. The molecule has 31 heavy (non-hydrogen) atoms. The van der Waals surface area contributed by atoms with Crippen molar-refractivity contribution in [2.75, 3.05) is 5.75 Å². The second kappa shape index (κ2) is 9.36. The second-order valence-corrected chi connectivity index (χ2v) is 7.85. The van der Waals surface area contributed by atoms with Gasteiger partial charge >= 0.3 is 24.1 Å². The van der Waals surface area contributed by atoms with Crippen molar-refractivity contribution in [2.24, 2.45) is 0 Å². The van der Waals surface area contributed by atoms with Gasteiger partial charge in [-0.2, -0.15) is 21.6 Å². The van der Waals surface area contributed by atoms with E-state index >= 15 is 0 Å². The Bertz CT molecular complexity index is 1090. The van der Waals surface area contributed by atoms with Crippen molar-refractivity contribution in [3.8, 4) is 12.0 Å². The number of hydrogen-bond donors (Lipinski definition) is 2. The summed E-state index contributed by atoms with van der Waals surface area (Å²) in [7, 11) is -5.14. The number of rotatable bonds is 5. The lowest BCUT2D eigenvalue weighted by Gasteiger charge is -2.17. The van der Waals surface area contributed by atoms with E-state index in [1.165, 1.54) is 25.9 Å². The highest BCUT2D eigenvalue weighted by molar-refractivity contribution is 7.85. The van der Waals surface area contributed by atoms with Crippen LogP contribution in [0.4, 0.5) is 13.2 Å². The lowest BCUT2D eigenvalue weighted by atomic mass is 9.89. The van der Waals surface area contributed by atoms with Crippen molar-refractivity contribution in [3.05, 3.63) is 33.4 Å². The summed E-state index contributed by atoms with van der Waals surface area (Å²) in [4.78, 5) is 35.3. The highest BCUT2D eigenvalue weighted by atomic mass is 32.2. The van der Waals surface area contributed by atoms with Crippen molar-refractivity contribution in [3.63, 3.8) is 0 Å². The summed E-state index contributed by atoms with van der Waals surface area (Å²) < 4.78 is 76.3. The molecule has 0 spiro atoms. The molecule has 0 aliphatic heterocycles. The third kappa shape index (κ3) is 6.69. The van der Waals surface area contributed by atoms with Crippen LogP contribution in [0.25, 0.3) is 0 Å². The van der Waals surface area contributed by atoms with Crippen LogP contribution < -0.4 is 0 Å². The van der Waals surface area contributed by atoms with E-state index in [0.29, 0.717) is 11.1 Å². The van der Waals surface area contributed by atoms with Crippen molar-refractivity contribution in [1.29, 1.82) is 0 Å². The van der Waals surface area contributed by atoms with Gasteiger partial charge in [-0.25, -0.2) is 14.4 Å². The first-order valence-electron chi connectivity index (χ1n) is 8.25. The number of alkyl halides is 3. The molecule has 0 saturated heterocycles. The molecule has 0 fully saturated rings. The van der Waals surface area contributed by atoms with E-state index in [4.69, 9.17) is 4.55 Å². The molecule has 0 heterocycles. The number of ether oxygens (including phenoxy) is 2. The van der Waals surface area contributed by atoms with Crippen LogP contribution in [-0.2, 0) is 24.4 Å². The Morgan fingerprint density at radius 3 is 1.90 bits per heavy atom. The number of aromatic carboxylic acids is 1. The van der Waals surface area contributed by atoms with Gasteiger partial charge in [0.05, 0.1) is 17.0 Å². The fourth-order valence-corrected chi connectivity index (χ4v) is 3.18. The maximum atomic E-state index is 12.7. The molecule has 0 amide bonds. The van der Waals surface area contributed by atoms with Crippen LogP contribution in [0.1, 0.15) is 43.0 Å². The predicted molar refractivity (Wildman–Crippen MR) is 97.9 cm³/mol. The van der Waals surface area contributed by atoms with Crippen LogP contribution in [0, 0.1) is 39.7 Å². The molecule has 2 N–H and O–H groups in total. The summed E-state index contributed by atoms with van der Waals surface area (Å²) >= 11 is 0. The van der Waals surface area contributed by atoms with Crippen LogP contribution >= 0.6 is 0 Å². The van der Waals surface area contributed by atoms with Gasteiger partial charge in [0, 0.05) is 0 Å². The molecule has 9 nitrogen and oxygen atoms in total. The van der Waals surface area contributed by atoms with Gasteiger partial charge in [0.15, 0.2) is 0 Å². The zero-order valence-corrected chi connectivity index (χ0v) is 17.4. The Morgan fingerprint density at radius 1 is 1.00 bits per heavy atom.